The van der Waals surface area contributed by atoms with Crippen molar-refractivity contribution in [3.8, 4) is 0 Å². The standard InChI is InChI=1S/C18H27N3O10S3/c1-4-21(15(23)10-31-16(24)11-30-12(2)22)14-9-20(6-5-7-29-3)34(27,28)18-13(14)8-17(32-18)33(19,25)26/h8,14H,4-7,9-11H2,1-3H3,(H2,19,25,26)/t14-/m0/s1. The molecule has 0 bridgehead atoms. The van der Waals surface area contributed by atoms with E-state index in [1.165, 1.54) is 12.0 Å². The van der Waals surface area contributed by atoms with Gasteiger partial charge in [-0.2, -0.15) is 4.31 Å². The van der Waals surface area contributed by atoms with Crippen LogP contribution in [0.4, 0.5) is 0 Å². The van der Waals surface area contributed by atoms with Gasteiger partial charge in [-0.05, 0) is 19.4 Å². The summed E-state index contributed by atoms with van der Waals surface area (Å²) in [6.45, 7) is 1.77. The number of hydrogen-bond acceptors (Lipinski definition) is 11. The molecule has 0 saturated carbocycles. The van der Waals surface area contributed by atoms with Crippen LogP contribution in [0.25, 0.3) is 0 Å². The lowest BCUT2D eigenvalue weighted by molar-refractivity contribution is -0.161. The number of esters is 2. The van der Waals surface area contributed by atoms with Crippen molar-refractivity contribution in [2.45, 2.75) is 34.7 Å². The predicted octanol–water partition coefficient (Wildman–Crippen LogP) is -0.568. The van der Waals surface area contributed by atoms with E-state index in [4.69, 9.17) is 14.6 Å². The van der Waals surface area contributed by atoms with Crippen LogP contribution in [0.3, 0.4) is 0 Å². The number of sulfonamides is 2. The Morgan fingerprint density at radius 2 is 1.94 bits per heavy atom. The minimum absolute atomic E-state index is 0.0812. The lowest BCUT2D eigenvalue weighted by atomic mass is 10.1. The summed E-state index contributed by atoms with van der Waals surface area (Å²) in [5.74, 6) is -2.26. The average molecular weight is 542 g/mol. The Balaban J connectivity index is 2.36. The largest absolute Gasteiger partial charge is 0.454 e. The van der Waals surface area contributed by atoms with Crippen LogP contribution in [0.1, 0.15) is 31.9 Å². The van der Waals surface area contributed by atoms with E-state index in [-0.39, 0.29) is 33.6 Å². The first-order valence-corrected chi connectivity index (χ1v) is 13.9. The van der Waals surface area contributed by atoms with E-state index in [1.54, 1.807) is 6.92 Å². The van der Waals surface area contributed by atoms with Gasteiger partial charge in [0, 0.05) is 45.8 Å². The van der Waals surface area contributed by atoms with Crippen molar-refractivity contribution in [2.24, 2.45) is 5.14 Å². The molecule has 13 nitrogen and oxygen atoms in total. The van der Waals surface area contributed by atoms with Gasteiger partial charge >= 0.3 is 11.9 Å². The van der Waals surface area contributed by atoms with Crippen molar-refractivity contribution < 1.29 is 45.4 Å². The number of nitrogens with zero attached hydrogens (tertiary/aromatic N) is 2. The highest BCUT2D eigenvalue weighted by atomic mass is 32.3. The Morgan fingerprint density at radius 3 is 2.50 bits per heavy atom. The smallest absolute Gasteiger partial charge is 0.344 e. The van der Waals surface area contributed by atoms with Crippen LogP contribution in [-0.2, 0) is 48.6 Å². The number of carbonyl (C=O) groups excluding carboxylic acids is 3. The number of hydrogen-bond donors (Lipinski definition) is 1. The molecule has 2 N–H and O–H groups in total. The van der Waals surface area contributed by atoms with Crippen molar-refractivity contribution in [3.63, 3.8) is 0 Å². The molecule has 2 rings (SSSR count). The van der Waals surface area contributed by atoms with Gasteiger partial charge in [-0.15, -0.1) is 11.3 Å². The molecule has 0 radical (unpaired) electrons. The van der Waals surface area contributed by atoms with Gasteiger partial charge in [0.1, 0.15) is 8.42 Å². The number of ether oxygens (including phenoxy) is 3. The van der Waals surface area contributed by atoms with Gasteiger partial charge in [0.25, 0.3) is 15.9 Å². The Hall–Kier alpha value is -2.11. The van der Waals surface area contributed by atoms with Crippen LogP contribution in [-0.4, -0.2) is 90.5 Å². The van der Waals surface area contributed by atoms with Gasteiger partial charge in [-0.25, -0.2) is 26.8 Å². The van der Waals surface area contributed by atoms with Gasteiger partial charge in [-0.1, -0.05) is 0 Å². The number of fused-ring (bicyclic) bond motifs is 1. The lowest BCUT2D eigenvalue weighted by Gasteiger charge is -2.38. The first-order valence-electron chi connectivity index (χ1n) is 10.1. The van der Waals surface area contributed by atoms with Crippen LogP contribution in [0.2, 0.25) is 0 Å². The maximum Gasteiger partial charge on any atom is 0.344 e. The Bertz CT molecular complexity index is 1130. The number of thiophene rings is 1. The third-order valence-electron chi connectivity index (χ3n) is 4.84. The van der Waals surface area contributed by atoms with E-state index in [9.17, 15) is 31.2 Å². The van der Waals surface area contributed by atoms with Crippen molar-refractivity contribution >= 4 is 49.2 Å². The number of rotatable bonds is 11. The fourth-order valence-corrected chi connectivity index (χ4v) is 7.59. The zero-order valence-electron chi connectivity index (χ0n) is 18.9. The van der Waals surface area contributed by atoms with Crippen LogP contribution in [0.5, 0.6) is 0 Å². The molecular weight excluding hydrogens is 514 g/mol. The summed E-state index contributed by atoms with van der Waals surface area (Å²) in [7, 11) is -6.76. The zero-order chi connectivity index (χ0) is 25.7. The normalized spacial score (nSPS) is 17.6. The van der Waals surface area contributed by atoms with Gasteiger partial charge < -0.3 is 19.1 Å². The molecule has 192 valence electrons. The highest BCUT2D eigenvalue weighted by Gasteiger charge is 2.42. The van der Waals surface area contributed by atoms with Crippen molar-refractivity contribution in [1.29, 1.82) is 0 Å². The molecule has 34 heavy (non-hydrogen) atoms. The summed E-state index contributed by atoms with van der Waals surface area (Å²) in [6.07, 6.45) is 0.374. The van der Waals surface area contributed by atoms with Crippen LogP contribution in [0, 0.1) is 0 Å². The summed E-state index contributed by atoms with van der Waals surface area (Å²) < 4.78 is 65.1. The van der Waals surface area contributed by atoms with Crippen molar-refractivity contribution in [1.82, 2.24) is 9.21 Å². The summed E-state index contributed by atoms with van der Waals surface area (Å²) in [4.78, 5) is 36.6. The maximum atomic E-state index is 13.2. The second-order valence-corrected chi connectivity index (χ2v) is 12.2. The fourth-order valence-electron chi connectivity index (χ4n) is 3.31. The lowest BCUT2D eigenvalue weighted by Crippen LogP contribution is -2.48. The average Bonchev–Trinajstić information content (AvgIpc) is 3.21. The van der Waals surface area contributed by atoms with Gasteiger partial charge in [0.15, 0.2) is 13.2 Å². The second kappa shape index (κ2) is 11.5. The third-order valence-corrected chi connectivity index (χ3v) is 9.80. The molecule has 0 spiro atoms. The number of primary sulfonamides is 1. The SMILES string of the molecule is CCN(C(=O)COC(=O)COC(C)=O)[C@H]1CN(CCCOC)S(=O)(=O)c2sc(S(N)(=O)=O)cc21. The molecule has 0 unspecified atom stereocenters. The molecule has 0 aromatic carbocycles. The second-order valence-electron chi connectivity index (χ2n) is 7.20. The molecule has 0 saturated heterocycles. The molecule has 0 fully saturated rings. The Kier molecular flexibility index (Phi) is 9.55. The fraction of sp³-hybridized carbons (Fsp3) is 0.611. The highest BCUT2D eigenvalue weighted by Crippen LogP contribution is 2.42. The molecule has 16 heteroatoms. The molecular formula is C18H27N3O10S3. The summed E-state index contributed by atoms with van der Waals surface area (Å²) >= 11 is 0.517. The van der Waals surface area contributed by atoms with Gasteiger partial charge in [-0.3, -0.25) is 9.59 Å². The van der Waals surface area contributed by atoms with Crippen molar-refractivity contribution in [3.05, 3.63) is 11.6 Å². The zero-order valence-corrected chi connectivity index (χ0v) is 21.3. The van der Waals surface area contributed by atoms with Gasteiger partial charge in [0.05, 0.1) is 6.04 Å². The molecule has 1 aliphatic heterocycles. The molecule has 1 aromatic heterocycles. The molecule has 0 aliphatic carbocycles. The molecule has 1 aromatic rings. The third kappa shape index (κ3) is 6.73. The minimum Gasteiger partial charge on any atom is -0.454 e. The minimum atomic E-state index is -4.20. The van der Waals surface area contributed by atoms with E-state index < -0.39 is 57.1 Å². The number of carbonyl (C=O) groups is 3. The van der Waals surface area contributed by atoms with Crippen LogP contribution < -0.4 is 5.14 Å². The number of likely N-dealkylation sites (N-methyl/N-ethyl adjacent to an activating group) is 1. The summed E-state index contributed by atoms with van der Waals surface area (Å²) in [6, 6.07) is 0.310. The van der Waals surface area contributed by atoms with E-state index in [1.807, 2.05) is 0 Å². The van der Waals surface area contributed by atoms with E-state index >= 15 is 0 Å². The van der Waals surface area contributed by atoms with Crippen LogP contribution >= 0.6 is 11.3 Å². The molecule has 2 heterocycles. The number of methoxy groups -OCH3 is 1. The number of nitrogens with two attached hydrogens (primary N) is 1. The van der Waals surface area contributed by atoms with Crippen molar-refractivity contribution in [2.75, 3.05) is 46.6 Å². The molecule has 1 amide bonds. The summed E-state index contributed by atoms with van der Waals surface area (Å²) in [5.41, 5.74) is 0.124. The molecule has 1 atom stereocenters. The Labute approximate surface area is 201 Å². The first kappa shape index (κ1) is 28.1. The molecule has 1 aliphatic rings. The Morgan fingerprint density at radius 1 is 1.26 bits per heavy atom. The highest BCUT2D eigenvalue weighted by molar-refractivity contribution is 7.94. The summed E-state index contributed by atoms with van der Waals surface area (Å²) in [5, 5.41) is 5.22. The van der Waals surface area contributed by atoms with Crippen LogP contribution in [0.15, 0.2) is 14.5 Å². The van der Waals surface area contributed by atoms with Gasteiger partial charge in [0.2, 0.25) is 10.0 Å². The maximum absolute atomic E-state index is 13.2. The van der Waals surface area contributed by atoms with E-state index in [0.29, 0.717) is 24.4 Å². The number of amides is 1. The van der Waals surface area contributed by atoms with E-state index in [2.05, 4.69) is 4.74 Å². The topological polar surface area (TPSA) is 180 Å². The monoisotopic (exact) mass is 541 g/mol. The first-order chi connectivity index (χ1) is 15.8. The predicted molar refractivity (Wildman–Crippen MR) is 119 cm³/mol. The van der Waals surface area contributed by atoms with E-state index in [0.717, 1.165) is 17.3 Å². The quantitative estimate of drug-likeness (QED) is 0.282.